The van der Waals surface area contributed by atoms with Gasteiger partial charge in [0.25, 0.3) is 0 Å². The Hall–Kier alpha value is -4.76. The number of carbonyl (C=O) groups is 2. The van der Waals surface area contributed by atoms with Crippen molar-refractivity contribution in [2.24, 2.45) is 40.9 Å². The van der Waals surface area contributed by atoms with Crippen molar-refractivity contribution in [3.05, 3.63) is 130 Å². The molecule has 3 aliphatic heterocycles. The lowest BCUT2D eigenvalue weighted by Gasteiger charge is -2.56. The maximum atomic E-state index is 14.9. The molecule has 8 nitrogen and oxygen atoms in total. The summed E-state index contributed by atoms with van der Waals surface area (Å²) in [6.45, 7) is 5.01. The normalized spacial score (nSPS) is 28.3. The van der Waals surface area contributed by atoms with E-state index in [1.54, 1.807) is 6.07 Å². The summed E-state index contributed by atoms with van der Waals surface area (Å²) in [7, 11) is 0. The summed E-state index contributed by atoms with van der Waals surface area (Å²) in [5.74, 6) is 1.25. The molecule has 11 rings (SSSR count). The molecule has 0 aromatic heterocycles. The van der Waals surface area contributed by atoms with Crippen molar-refractivity contribution in [1.29, 1.82) is 0 Å². The molecule has 8 heteroatoms. The number of nitrogens with one attached hydrogen (secondary N) is 2. The first-order valence-corrected chi connectivity index (χ1v) is 24.2. The van der Waals surface area contributed by atoms with Crippen LogP contribution in [-0.2, 0) is 32.0 Å². The summed E-state index contributed by atoms with van der Waals surface area (Å²) in [5, 5.41) is 29.0. The first-order valence-electron chi connectivity index (χ1n) is 24.2. The highest BCUT2D eigenvalue weighted by molar-refractivity contribution is 6.07. The highest BCUT2D eigenvalue weighted by Gasteiger charge is 2.68. The van der Waals surface area contributed by atoms with Crippen LogP contribution < -0.4 is 10.6 Å². The van der Waals surface area contributed by atoms with E-state index in [4.69, 9.17) is 9.47 Å². The number of cyclic esters (lactones) is 2. The lowest BCUT2D eigenvalue weighted by molar-refractivity contribution is -0.135. The molecule has 6 atom stereocenters. The molecular formula is C55H64N2O6. The first kappa shape index (κ1) is 42.2. The third-order valence-electron chi connectivity index (χ3n) is 16.2. The van der Waals surface area contributed by atoms with Crippen LogP contribution in [0.4, 0.5) is 0 Å². The topological polar surface area (TPSA) is 117 Å². The Kier molecular flexibility index (Phi) is 12.1. The SMILES string of the molecule is CC[C@H](/C=C1\OC(=O)C2=C(c3cc(O)ccc3-c3cccc(CNC4CCCCC4)c3)[C@@H]3CC[C@@]21[C@H]1C2=C(CC[C@@H]31)C(=CC[C@H](CO)C1CCNCC1)OC2=O)Cc1ccccc1. The van der Waals surface area contributed by atoms with Crippen LogP contribution in [0.5, 0.6) is 5.75 Å². The third-order valence-corrected chi connectivity index (χ3v) is 16.2. The summed E-state index contributed by atoms with van der Waals surface area (Å²) in [4.78, 5) is 29.5. The number of aliphatic hydroxyl groups is 1. The van der Waals surface area contributed by atoms with E-state index in [-0.39, 0.29) is 53.9 Å². The number of allylic oxidation sites excluding steroid dienone is 5. The second kappa shape index (κ2) is 18.0. The Bertz CT molecular complexity index is 2350. The van der Waals surface area contributed by atoms with Gasteiger partial charge in [0, 0.05) is 36.3 Å². The van der Waals surface area contributed by atoms with E-state index in [1.165, 1.54) is 43.2 Å². The summed E-state index contributed by atoms with van der Waals surface area (Å²) in [6, 6.07) is 25.4. The van der Waals surface area contributed by atoms with Crippen LogP contribution in [0.15, 0.2) is 113 Å². The predicted molar refractivity (Wildman–Crippen MR) is 246 cm³/mol. The fourth-order valence-corrected chi connectivity index (χ4v) is 13.1. The predicted octanol–water partition coefficient (Wildman–Crippen LogP) is 10.1. The summed E-state index contributed by atoms with van der Waals surface area (Å²) < 4.78 is 12.9. The number of esters is 2. The number of aliphatic hydroxyl groups excluding tert-OH is 1. The van der Waals surface area contributed by atoms with E-state index in [2.05, 4.69) is 78.2 Å². The van der Waals surface area contributed by atoms with Gasteiger partial charge in [-0.05, 0) is 177 Å². The van der Waals surface area contributed by atoms with Gasteiger partial charge in [-0.25, -0.2) is 9.59 Å². The van der Waals surface area contributed by atoms with Crippen LogP contribution in [-0.4, -0.2) is 47.9 Å². The molecule has 0 amide bonds. The molecule has 3 aromatic carbocycles. The second-order valence-corrected chi connectivity index (χ2v) is 19.6. The summed E-state index contributed by atoms with van der Waals surface area (Å²) >= 11 is 0. The van der Waals surface area contributed by atoms with E-state index in [0.717, 1.165) is 91.6 Å². The molecule has 63 heavy (non-hydrogen) atoms. The fourth-order valence-electron chi connectivity index (χ4n) is 13.1. The van der Waals surface area contributed by atoms with Crippen LogP contribution in [0.2, 0.25) is 0 Å². The van der Waals surface area contributed by atoms with Gasteiger partial charge in [0.1, 0.15) is 17.3 Å². The fraction of sp³-hybridized carbons (Fsp3) is 0.491. The van der Waals surface area contributed by atoms with Crippen molar-refractivity contribution in [1.82, 2.24) is 10.6 Å². The molecule has 4 N–H and O–H groups in total. The van der Waals surface area contributed by atoms with Gasteiger partial charge in [-0.2, -0.15) is 0 Å². The van der Waals surface area contributed by atoms with Crippen LogP contribution in [0.3, 0.4) is 0 Å². The number of rotatable bonds is 13. The Morgan fingerprint density at radius 2 is 1.67 bits per heavy atom. The number of piperidine rings is 1. The average molecular weight is 849 g/mol. The summed E-state index contributed by atoms with van der Waals surface area (Å²) in [6.07, 6.45) is 18.1. The van der Waals surface area contributed by atoms with Gasteiger partial charge in [0.15, 0.2) is 0 Å². The molecule has 5 aliphatic carbocycles. The molecule has 8 aliphatic rings. The highest BCUT2D eigenvalue weighted by Crippen LogP contribution is 2.72. The van der Waals surface area contributed by atoms with Crippen molar-refractivity contribution in [3.63, 3.8) is 0 Å². The maximum Gasteiger partial charge on any atom is 0.340 e. The number of phenolic OH excluding ortho intramolecular Hbond substituents is 1. The number of hydrogen-bond donors (Lipinski definition) is 4. The standard InChI is InChI=1S/C55H64N2O6/c1-2-34(28-35-10-5-3-6-11-35)30-48-55-25-22-43(44-19-20-45-47(62-53(60)50(45)51(44)55)21-16-39(33-58)37-23-26-56-27-24-37)49(52(55)54(61)63-48)46-31-41(59)17-18-42(46)38-13-9-12-36(29-38)32-57-40-14-7-4-8-15-40/h3,5-6,9-13,17-18,21,29-31,34,37,39-40,43-44,51,56-59H,2,4,7-8,14-16,19-20,22-28,32-33H2,1H3/b47-21?,48-30-/t34-,39+,43+,44-,51+,55+/m0/s1. The van der Waals surface area contributed by atoms with E-state index in [0.29, 0.717) is 48.3 Å². The van der Waals surface area contributed by atoms with Gasteiger partial charge in [0.05, 0.1) is 11.0 Å². The van der Waals surface area contributed by atoms with Crippen LogP contribution >= 0.6 is 0 Å². The van der Waals surface area contributed by atoms with Crippen LogP contribution in [0.25, 0.3) is 16.7 Å². The van der Waals surface area contributed by atoms with Crippen molar-refractivity contribution in [3.8, 4) is 16.9 Å². The van der Waals surface area contributed by atoms with Crippen LogP contribution in [0, 0.1) is 40.9 Å². The number of carbonyl (C=O) groups excluding carboxylic acids is 2. The number of phenols is 1. The molecule has 2 bridgehead atoms. The van der Waals surface area contributed by atoms with Gasteiger partial charge in [0.2, 0.25) is 0 Å². The average Bonchev–Trinajstić information content (AvgIpc) is 3.81. The van der Waals surface area contributed by atoms with E-state index in [9.17, 15) is 19.8 Å². The molecule has 2 saturated carbocycles. The molecule has 2 saturated heterocycles. The molecule has 4 fully saturated rings. The van der Waals surface area contributed by atoms with Crippen LogP contribution in [0.1, 0.15) is 107 Å². The number of fused-ring (bicyclic) bond motifs is 1. The number of hydrogen-bond acceptors (Lipinski definition) is 8. The third kappa shape index (κ3) is 7.84. The first-order chi connectivity index (χ1) is 30.9. The smallest absolute Gasteiger partial charge is 0.340 e. The largest absolute Gasteiger partial charge is 0.508 e. The minimum absolute atomic E-state index is 0.0182. The van der Waals surface area contributed by atoms with E-state index in [1.807, 2.05) is 18.2 Å². The highest BCUT2D eigenvalue weighted by atomic mass is 16.5. The van der Waals surface area contributed by atoms with Crippen molar-refractivity contribution >= 4 is 17.5 Å². The Balaban J connectivity index is 1.09. The van der Waals surface area contributed by atoms with E-state index < -0.39 is 5.41 Å². The van der Waals surface area contributed by atoms with Gasteiger partial charge >= 0.3 is 11.9 Å². The van der Waals surface area contributed by atoms with Crippen molar-refractivity contribution in [2.45, 2.75) is 109 Å². The second-order valence-electron chi connectivity index (χ2n) is 19.6. The Morgan fingerprint density at radius 1 is 0.857 bits per heavy atom. The quantitative estimate of drug-likeness (QED) is 0.126. The molecule has 3 aromatic rings. The molecule has 330 valence electrons. The van der Waals surface area contributed by atoms with Gasteiger partial charge in [-0.15, -0.1) is 0 Å². The van der Waals surface area contributed by atoms with Gasteiger partial charge in [-0.1, -0.05) is 80.8 Å². The van der Waals surface area contributed by atoms with Gasteiger partial charge in [-0.3, -0.25) is 0 Å². The number of benzene rings is 3. The van der Waals surface area contributed by atoms with Crippen molar-refractivity contribution in [2.75, 3.05) is 19.7 Å². The van der Waals surface area contributed by atoms with Crippen molar-refractivity contribution < 1.29 is 29.3 Å². The molecule has 0 radical (unpaired) electrons. The summed E-state index contributed by atoms with van der Waals surface area (Å²) in [5.41, 5.74) is 7.83. The minimum Gasteiger partial charge on any atom is -0.508 e. The minimum atomic E-state index is -0.858. The Labute approximate surface area is 372 Å². The Morgan fingerprint density at radius 3 is 2.46 bits per heavy atom. The number of ether oxygens (including phenoxy) is 2. The molecule has 1 spiro atoms. The lowest BCUT2D eigenvalue weighted by atomic mass is 9.44. The zero-order valence-corrected chi connectivity index (χ0v) is 36.9. The maximum absolute atomic E-state index is 14.9. The van der Waals surface area contributed by atoms with E-state index >= 15 is 0 Å². The lowest BCUT2D eigenvalue weighted by Crippen LogP contribution is -2.52. The molecular weight excluding hydrogens is 785 g/mol. The monoisotopic (exact) mass is 848 g/mol. The van der Waals surface area contributed by atoms with Gasteiger partial charge < -0.3 is 30.3 Å². The molecule has 3 heterocycles. The zero-order chi connectivity index (χ0) is 43.1. The number of aromatic hydroxyl groups is 1. The molecule has 0 unspecified atom stereocenters. The zero-order valence-electron chi connectivity index (χ0n) is 36.9.